The zero-order chi connectivity index (χ0) is 15.5. The van der Waals surface area contributed by atoms with Crippen LogP contribution in [0.5, 0.6) is 0 Å². The molecule has 7 heteroatoms. The largest absolute Gasteiger partial charge is 0.252 e. The maximum Gasteiger partial charge on any atom is 0.252 e. The van der Waals surface area contributed by atoms with Gasteiger partial charge in [0.05, 0.1) is 0 Å². The van der Waals surface area contributed by atoms with Gasteiger partial charge >= 0.3 is 0 Å². The van der Waals surface area contributed by atoms with Crippen molar-refractivity contribution in [1.82, 2.24) is 4.31 Å². The molecule has 0 spiro atoms. The maximum absolute atomic E-state index is 12.5. The van der Waals surface area contributed by atoms with E-state index in [1.165, 1.54) is 15.6 Å². The van der Waals surface area contributed by atoms with Gasteiger partial charge in [-0.3, -0.25) is 0 Å². The van der Waals surface area contributed by atoms with Crippen molar-refractivity contribution in [2.75, 3.05) is 12.9 Å². The molecule has 1 heterocycles. The van der Waals surface area contributed by atoms with Crippen LogP contribution in [-0.2, 0) is 23.0 Å². The first kappa shape index (κ1) is 17.0. The molecule has 0 aliphatic carbocycles. The van der Waals surface area contributed by atoms with Crippen molar-refractivity contribution in [3.05, 3.63) is 51.3 Å². The highest BCUT2D eigenvalue weighted by atomic mass is 79.9. The second kappa shape index (κ2) is 7.24. The Bertz CT molecular complexity index is 715. The third-order valence-electron chi connectivity index (χ3n) is 2.94. The van der Waals surface area contributed by atoms with Crippen LogP contribution in [0.25, 0.3) is 0 Å². The van der Waals surface area contributed by atoms with Crippen LogP contribution < -0.4 is 0 Å². The Kier molecular flexibility index (Phi) is 5.85. The van der Waals surface area contributed by atoms with Crippen LogP contribution in [0.2, 0.25) is 0 Å². The lowest BCUT2D eigenvalue weighted by atomic mass is 10.2. The fourth-order valence-electron chi connectivity index (χ4n) is 1.86. The van der Waals surface area contributed by atoms with Crippen molar-refractivity contribution in [3.63, 3.8) is 0 Å². The first-order valence-corrected chi connectivity index (χ1v) is 9.87. The van der Waals surface area contributed by atoms with Gasteiger partial charge in [-0.25, -0.2) is 8.42 Å². The molecular weight excluding hydrogens is 394 g/mol. The van der Waals surface area contributed by atoms with E-state index in [2.05, 4.69) is 15.9 Å². The van der Waals surface area contributed by atoms with Crippen LogP contribution in [-0.4, -0.2) is 25.7 Å². The Labute approximate surface area is 142 Å². The van der Waals surface area contributed by atoms with E-state index in [0.29, 0.717) is 23.1 Å². The summed E-state index contributed by atoms with van der Waals surface area (Å²) in [4.78, 5) is 0.986. The summed E-state index contributed by atoms with van der Waals surface area (Å²) in [6.07, 6.45) is 0.692. The molecule has 0 atom stereocenters. The molecule has 0 saturated heterocycles. The molecule has 21 heavy (non-hydrogen) atoms. The number of hydrogen-bond acceptors (Lipinski definition) is 3. The third kappa shape index (κ3) is 4.29. The molecule has 114 valence electrons. The predicted molar refractivity (Wildman–Crippen MR) is 91.5 cm³/mol. The summed E-state index contributed by atoms with van der Waals surface area (Å²) in [5, 5.41) is 0. The summed E-state index contributed by atoms with van der Waals surface area (Å²) in [6, 6.07) is 11.1. The fraction of sp³-hybridized carbons (Fsp3) is 0.286. The lowest BCUT2D eigenvalue weighted by Gasteiger charge is -2.16. The van der Waals surface area contributed by atoms with Crippen LogP contribution >= 0.6 is 38.9 Å². The lowest BCUT2D eigenvalue weighted by molar-refractivity contribution is 0.468. The Hall–Kier alpha value is -0.400. The first-order chi connectivity index (χ1) is 9.93. The molecule has 0 amide bonds. The highest BCUT2D eigenvalue weighted by Crippen LogP contribution is 2.26. The van der Waals surface area contributed by atoms with E-state index in [1.54, 1.807) is 13.1 Å². The Morgan fingerprint density at radius 3 is 2.71 bits per heavy atom. The molecule has 0 aliphatic rings. The van der Waals surface area contributed by atoms with E-state index in [-0.39, 0.29) is 0 Å². The number of thiophene rings is 1. The normalized spacial score (nSPS) is 12.0. The first-order valence-electron chi connectivity index (χ1n) is 6.29. The van der Waals surface area contributed by atoms with Gasteiger partial charge in [0.25, 0.3) is 10.0 Å². The third-order valence-corrected chi connectivity index (χ3v) is 7.03. The van der Waals surface area contributed by atoms with Gasteiger partial charge in [0.2, 0.25) is 0 Å². The van der Waals surface area contributed by atoms with Crippen LogP contribution in [0, 0.1) is 0 Å². The summed E-state index contributed by atoms with van der Waals surface area (Å²) >= 11 is 10.4. The zero-order valence-electron chi connectivity index (χ0n) is 11.4. The van der Waals surface area contributed by atoms with E-state index in [4.69, 9.17) is 11.6 Å². The molecular formula is C14H15BrClNO2S2. The SMILES string of the molecule is CN(Cc1cccc(Br)c1)S(=O)(=O)c1ccc(CCCl)s1. The Balaban J connectivity index is 2.17. The maximum atomic E-state index is 12.5. The number of nitrogens with zero attached hydrogens (tertiary/aromatic N) is 1. The smallest absolute Gasteiger partial charge is 0.206 e. The van der Waals surface area contributed by atoms with Gasteiger partial charge in [-0.2, -0.15) is 4.31 Å². The Morgan fingerprint density at radius 1 is 1.29 bits per heavy atom. The standard InChI is InChI=1S/C14H15BrClNO2S2/c1-17(10-11-3-2-4-12(15)9-11)21(18,19)14-6-5-13(20-14)7-8-16/h2-6,9H,7-8,10H2,1H3. The van der Waals surface area contributed by atoms with Gasteiger partial charge in [0.1, 0.15) is 4.21 Å². The number of sulfonamides is 1. The van der Waals surface area contributed by atoms with Crippen molar-refractivity contribution in [1.29, 1.82) is 0 Å². The van der Waals surface area contributed by atoms with Crippen molar-refractivity contribution in [3.8, 4) is 0 Å². The average molecular weight is 409 g/mol. The molecule has 0 N–H and O–H groups in total. The van der Waals surface area contributed by atoms with E-state index in [1.807, 2.05) is 30.3 Å². The minimum absolute atomic E-state index is 0.338. The van der Waals surface area contributed by atoms with E-state index in [9.17, 15) is 8.42 Å². The van der Waals surface area contributed by atoms with Crippen molar-refractivity contribution in [2.24, 2.45) is 0 Å². The van der Waals surface area contributed by atoms with Crippen LogP contribution in [0.1, 0.15) is 10.4 Å². The number of halogens is 2. The number of rotatable bonds is 6. The second-order valence-corrected chi connectivity index (χ2v) is 9.28. The summed E-state index contributed by atoms with van der Waals surface area (Å²) in [5.74, 6) is 0.494. The van der Waals surface area contributed by atoms with Crippen LogP contribution in [0.15, 0.2) is 45.1 Å². The van der Waals surface area contributed by atoms with Crippen molar-refractivity contribution < 1.29 is 8.42 Å². The summed E-state index contributed by atoms with van der Waals surface area (Å²) in [5.41, 5.74) is 0.938. The minimum Gasteiger partial charge on any atom is -0.206 e. The molecule has 0 unspecified atom stereocenters. The molecule has 0 bridgehead atoms. The molecule has 3 nitrogen and oxygen atoms in total. The molecule has 2 rings (SSSR count). The van der Waals surface area contributed by atoms with Gasteiger partial charge in [-0.05, 0) is 36.2 Å². The lowest BCUT2D eigenvalue weighted by Crippen LogP contribution is -2.25. The van der Waals surface area contributed by atoms with Crippen LogP contribution in [0.4, 0.5) is 0 Å². The van der Waals surface area contributed by atoms with Crippen LogP contribution in [0.3, 0.4) is 0 Å². The zero-order valence-corrected chi connectivity index (χ0v) is 15.4. The van der Waals surface area contributed by atoms with Crippen molar-refractivity contribution in [2.45, 2.75) is 17.2 Å². The van der Waals surface area contributed by atoms with E-state index >= 15 is 0 Å². The highest BCUT2D eigenvalue weighted by Gasteiger charge is 2.22. The number of aryl methyl sites for hydroxylation is 1. The van der Waals surface area contributed by atoms with E-state index in [0.717, 1.165) is 14.9 Å². The van der Waals surface area contributed by atoms with Crippen molar-refractivity contribution >= 4 is 48.9 Å². The van der Waals surface area contributed by atoms with Gasteiger partial charge in [-0.15, -0.1) is 22.9 Å². The fourth-order valence-corrected chi connectivity index (χ4v) is 5.34. The molecule has 1 aromatic carbocycles. The number of hydrogen-bond donors (Lipinski definition) is 0. The molecule has 1 aromatic heterocycles. The number of benzene rings is 1. The van der Waals surface area contributed by atoms with Gasteiger partial charge in [-0.1, -0.05) is 28.1 Å². The monoisotopic (exact) mass is 407 g/mol. The quantitative estimate of drug-likeness (QED) is 0.674. The predicted octanol–water partition coefficient (Wildman–Crippen LogP) is 4.11. The number of alkyl halides is 1. The highest BCUT2D eigenvalue weighted by molar-refractivity contribution is 9.10. The summed E-state index contributed by atoms with van der Waals surface area (Å²) in [6.45, 7) is 0.338. The minimum atomic E-state index is -3.45. The van der Waals surface area contributed by atoms with Gasteiger partial charge in [0, 0.05) is 28.8 Å². The molecule has 0 aliphatic heterocycles. The Morgan fingerprint density at radius 2 is 2.05 bits per heavy atom. The van der Waals surface area contributed by atoms with Gasteiger partial charge in [0.15, 0.2) is 0 Å². The molecule has 0 saturated carbocycles. The average Bonchev–Trinajstić information content (AvgIpc) is 2.88. The van der Waals surface area contributed by atoms with E-state index < -0.39 is 10.0 Å². The molecule has 0 radical (unpaired) electrons. The van der Waals surface area contributed by atoms with Gasteiger partial charge < -0.3 is 0 Å². The topological polar surface area (TPSA) is 37.4 Å². The molecule has 0 fully saturated rings. The summed E-state index contributed by atoms with van der Waals surface area (Å²) < 4.78 is 27.7. The molecule has 2 aromatic rings. The summed E-state index contributed by atoms with van der Waals surface area (Å²) in [7, 11) is -1.86. The second-order valence-electron chi connectivity index (χ2n) is 4.55.